The molecule has 24 heavy (non-hydrogen) atoms. The summed E-state index contributed by atoms with van der Waals surface area (Å²) in [5, 5.41) is 4.24. The van der Waals surface area contributed by atoms with E-state index in [-0.39, 0.29) is 11.8 Å². The van der Waals surface area contributed by atoms with Crippen molar-refractivity contribution in [2.45, 2.75) is 25.3 Å². The van der Waals surface area contributed by atoms with Crippen molar-refractivity contribution < 1.29 is 9.59 Å². The Morgan fingerprint density at radius 2 is 1.67 bits per heavy atom. The van der Waals surface area contributed by atoms with Crippen molar-refractivity contribution in [3.8, 4) is 0 Å². The first-order valence-corrected chi connectivity index (χ1v) is 9.05. The Labute approximate surface area is 151 Å². The highest BCUT2D eigenvalue weighted by molar-refractivity contribution is 6.35. The average Bonchev–Trinajstić information content (AvgIpc) is 3.06. The molecule has 2 saturated heterocycles. The molecule has 5 nitrogen and oxygen atoms in total. The van der Waals surface area contributed by atoms with Gasteiger partial charge in [-0.3, -0.25) is 9.59 Å². The van der Waals surface area contributed by atoms with Crippen LogP contribution in [0.5, 0.6) is 0 Å². The van der Waals surface area contributed by atoms with Gasteiger partial charge in [-0.05, 0) is 37.6 Å². The minimum Gasteiger partial charge on any atom is -0.339 e. The van der Waals surface area contributed by atoms with E-state index in [1.54, 1.807) is 23.1 Å². The van der Waals surface area contributed by atoms with Gasteiger partial charge in [0.1, 0.15) is 0 Å². The third-order valence-electron chi connectivity index (χ3n) is 4.61. The van der Waals surface area contributed by atoms with Crippen molar-refractivity contribution in [2.75, 3.05) is 32.7 Å². The predicted octanol–water partition coefficient (Wildman–Crippen LogP) is 2.42. The number of hydrogen-bond donors (Lipinski definition) is 1. The van der Waals surface area contributed by atoms with E-state index in [0.717, 1.165) is 19.4 Å². The summed E-state index contributed by atoms with van der Waals surface area (Å²) in [7, 11) is 0. The lowest BCUT2D eigenvalue weighted by Crippen LogP contribution is -2.51. The zero-order valence-electron chi connectivity index (χ0n) is 13.4. The van der Waals surface area contributed by atoms with Crippen LogP contribution in [0.2, 0.25) is 10.0 Å². The molecule has 2 aliphatic heterocycles. The molecule has 2 heterocycles. The Balaban J connectivity index is 1.54. The first-order valence-electron chi connectivity index (χ1n) is 8.29. The monoisotopic (exact) mass is 369 g/mol. The van der Waals surface area contributed by atoms with Crippen LogP contribution in [-0.2, 0) is 4.79 Å². The van der Waals surface area contributed by atoms with E-state index < -0.39 is 0 Å². The molecule has 0 aromatic heterocycles. The lowest BCUT2D eigenvalue weighted by molar-refractivity contribution is -0.133. The predicted molar refractivity (Wildman–Crippen MR) is 94.6 cm³/mol. The number of carbonyl (C=O) groups is 2. The van der Waals surface area contributed by atoms with Crippen LogP contribution in [0.15, 0.2) is 18.2 Å². The molecule has 0 saturated carbocycles. The van der Waals surface area contributed by atoms with Crippen molar-refractivity contribution >= 4 is 35.0 Å². The molecule has 130 valence electrons. The van der Waals surface area contributed by atoms with Crippen LogP contribution in [-0.4, -0.2) is 60.4 Å². The van der Waals surface area contributed by atoms with Gasteiger partial charge in [0.25, 0.3) is 5.91 Å². The number of halogens is 2. The van der Waals surface area contributed by atoms with Crippen LogP contribution < -0.4 is 5.32 Å². The summed E-state index contributed by atoms with van der Waals surface area (Å²) in [6.45, 7) is 3.22. The molecule has 1 aromatic carbocycles. The van der Waals surface area contributed by atoms with E-state index in [1.165, 1.54) is 0 Å². The molecule has 2 aliphatic rings. The first kappa shape index (κ1) is 17.5. The molecular formula is C17H21Cl2N3O2. The number of benzene rings is 1. The third kappa shape index (κ3) is 4.21. The second kappa shape index (κ2) is 7.72. The number of piperazine rings is 1. The molecule has 2 amide bonds. The highest BCUT2D eigenvalue weighted by Gasteiger charge is 2.27. The molecule has 0 bridgehead atoms. The maximum atomic E-state index is 12.6. The summed E-state index contributed by atoms with van der Waals surface area (Å²) in [6, 6.07) is 5.16. The Morgan fingerprint density at radius 1 is 1.04 bits per heavy atom. The number of amides is 2. The van der Waals surface area contributed by atoms with Gasteiger partial charge in [0.15, 0.2) is 0 Å². The van der Waals surface area contributed by atoms with E-state index in [2.05, 4.69) is 5.32 Å². The normalized spacial score (nSPS) is 21.2. The molecule has 1 atom stereocenters. The number of hydrogen-bond acceptors (Lipinski definition) is 3. The van der Waals surface area contributed by atoms with Gasteiger partial charge in [-0.2, -0.15) is 0 Å². The maximum absolute atomic E-state index is 12.6. The Bertz CT molecular complexity index is 604. The average molecular weight is 370 g/mol. The number of carbonyl (C=O) groups excluding carboxylic acids is 2. The summed E-state index contributed by atoms with van der Waals surface area (Å²) in [4.78, 5) is 28.5. The van der Waals surface area contributed by atoms with Crippen LogP contribution in [0.1, 0.15) is 29.6 Å². The molecular weight excluding hydrogens is 349 g/mol. The van der Waals surface area contributed by atoms with Crippen LogP contribution in [0.25, 0.3) is 0 Å². The standard InChI is InChI=1S/C17H21Cl2N3O2/c18-13-8-12(9-14(19)10-13)17(24)22-6-4-21(5-7-22)16(23)11-15-2-1-3-20-15/h8-10,15,20H,1-7,11H2. The first-order chi connectivity index (χ1) is 11.5. The third-order valence-corrected chi connectivity index (χ3v) is 5.05. The van der Waals surface area contributed by atoms with Crippen LogP contribution in [0.4, 0.5) is 0 Å². The largest absolute Gasteiger partial charge is 0.339 e. The quantitative estimate of drug-likeness (QED) is 0.889. The van der Waals surface area contributed by atoms with Crippen molar-refractivity contribution in [1.29, 1.82) is 0 Å². The molecule has 1 N–H and O–H groups in total. The van der Waals surface area contributed by atoms with Gasteiger partial charge in [-0.1, -0.05) is 23.2 Å². The fourth-order valence-electron chi connectivity index (χ4n) is 3.29. The number of nitrogens with one attached hydrogen (secondary N) is 1. The van der Waals surface area contributed by atoms with E-state index in [0.29, 0.717) is 54.3 Å². The Kier molecular flexibility index (Phi) is 5.64. The number of nitrogens with zero attached hydrogens (tertiary/aromatic N) is 2. The van der Waals surface area contributed by atoms with E-state index in [9.17, 15) is 9.59 Å². The zero-order chi connectivity index (χ0) is 17.1. The van der Waals surface area contributed by atoms with Crippen LogP contribution in [0.3, 0.4) is 0 Å². The Morgan fingerprint density at radius 3 is 2.25 bits per heavy atom. The van der Waals surface area contributed by atoms with Crippen molar-refractivity contribution in [1.82, 2.24) is 15.1 Å². The van der Waals surface area contributed by atoms with Gasteiger partial charge >= 0.3 is 0 Å². The highest BCUT2D eigenvalue weighted by Crippen LogP contribution is 2.21. The second-order valence-electron chi connectivity index (χ2n) is 6.33. The molecule has 0 radical (unpaired) electrons. The van der Waals surface area contributed by atoms with Gasteiger partial charge in [-0.15, -0.1) is 0 Å². The van der Waals surface area contributed by atoms with Crippen molar-refractivity contribution in [3.63, 3.8) is 0 Å². The lowest BCUT2D eigenvalue weighted by atomic mass is 10.1. The number of rotatable bonds is 3. The highest BCUT2D eigenvalue weighted by atomic mass is 35.5. The van der Waals surface area contributed by atoms with Gasteiger partial charge in [0.05, 0.1) is 0 Å². The summed E-state index contributed by atoms with van der Waals surface area (Å²) < 4.78 is 0. The van der Waals surface area contributed by atoms with Crippen LogP contribution >= 0.6 is 23.2 Å². The minimum absolute atomic E-state index is 0.0936. The molecule has 0 spiro atoms. The summed E-state index contributed by atoms with van der Waals surface area (Å²) in [6.07, 6.45) is 2.76. The van der Waals surface area contributed by atoms with E-state index in [4.69, 9.17) is 23.2 Å². The van der Waals surface area contributed by atoms with E-state index >= 15 is 0 Å². The zero-order valence-corrected chi connectivity index (χ0v) is 14.9. The fourth-order valence-corrected chi connectivity index (χ4v) is 3.82. The smallest absolute Gasteiger partial charge is 0.254 e. The summed E-state index contributed by atoms with van der Waals surface area (Å²) in [5.41, 5.74) is 0.488. The minimum atomic E-state index is -0.0936. The molecule has 3 rings (SSSR count). The summed E-state index contributed by atoms with van der Waals surface area (Å²) >= 11 is 11.9. The van der Waals surface area contributed by atoms with Crippen LogP contribution in [0, 0.1) is 0 Å². The Hall–Kier alpha value is -1.30. The SMILES string of the molecule is O=C(CC1CCCN1)N1CCN(C(=O)c2cc(Cl)cc(Cl)c2)CC1. The van der Waals surface area contributed by atoms with Crippen molar-refractivity contribution in [2.24, 2.45) is 0 Å². The maximum Gasteiger partial charge on any atom is 0.254 e. The summed E-state index contributed by atoms with van der Waals surface area (Å²) in [5.74, 6) is 0.0799. The van der Waals surface area contributed by atoms with Crippen molar-refractivity contribution in [3.05, 3.63) is 33.8 Å². The molecule has 2 fully saturated rings. The van der Waals surface area contributed by atoms with Gasteiger partial charge in [0.2, 0.25) is 5.91 Å². The fraction of sp³-hybridized carbons (Fsp3) is 0.529. The second-order valence-corrected chi connectivity index (χ2v) is 7.20. The van der Waals surface area contributed by atoms with E-state index in [1.807, 2.05) is 4.90 Å². The molecule has 0 aliphatic carbocycles. The van der Waals surface area contributed by atoms with Gasteiger partial charge in [0, 0.05) is 54.3 Å². The molecule has 7 heteroatoms. The topological polar surface area (TPSA) is 52.7 Å². The molecule has 1 unspecified atom stereocenters. The lowest BCUT2D eigenvalue weighted by Gasteiger charge is -2.35. The van der Waals surface area contributed by atoms with Gasteiger partial charge < -0.3 is 15.1 Å². The molecule has 1 aromatic rings. The van der Waals surface area contributed by atoms with Gasteiger partial charge in [-0.25, -0.2) is 0 Å².